The summed E-state index contributed by atoms with van der Waals surface area (Å²) in [6, 6.07) is 13.3. The van der Waals surface area contributed by atoms with Crippen molar-refractivity contribution in [3.63, 3.8) is 0 Å². The van der Waals surface area contributed by atoms with Crippen LogP contribution in [0.2, 0.25) is 0 Å². The quantitative estimate of drug-likeness (QED) is 0.822. The van der Waals surface area contributed by atoms with Crippen LogP contribution in [0.25, 0.3) is 0 Å². The first-order chi connectivity index (χ1) is 8.96. The van der Waals surface area contributed by atoms with E-state index in [2.05, 4.69) is 78.4 Å². The SMILES string of the molecule is CNC(c1cc(Br)c(C)s1)C(C)(C)c1ccccc1. The van der Waals surface area contributed by atoms with Gasteiger partial charge in [0.15, 0.2) is 0 Å². The summed E-state index contributed by atoms with van der Waals surface area (Å²) in [6.45, 7) is 6.75. The zero-order valence-corrected chi connectivity index (χ0v) is 14.2. The summed E-state index contributed by atoms with van der Waals surface area (Å²) in [4.78, 5) is 2.71. The van der Waals surface area contributed by atoms with Crippen LogP contribution in [0.3, 0.4) is 0 Å². The van der Waals surface area contributed by atoms with E-state index >= 15 is 0 Å². The van der Waals surface area contributed by atoms with E-state index in [1.54, 1.807) is 0 Å². The number of rotatable bonds is 4. The predicted octanol–water partition coefficient (Wildman–Crippen LogP) is 5.06. The zero-order valence-electron chi connectivity index (χ0n) is 11.8. The molecule has 1 heterocycles. The Balaban J connectivity index is 2.41. The summed E-state index contributed by atoms with van der Waals surface area (Å²) < 4.78 is 1.21. The molecular formula is C16H20BrNS. The van der Waals surface area contributed by atoms with Crippen LogP contribution < -0.4 is 5.32 Å². The van der Waals surface area contributed by atoms with Gasteiger partial charge in [0.2, 0.25) is 0 Å². The maximum atomic E-state index is 3.62. The van der Waals surface area contributed by atoms with Gasteiger partial charge in [0, 0.05) is 19.6 Å². The van der Waals surface area contributed by atoms with Gasteiger partial charge < -0.3 is 5.32 Å². The third-order valence-corrected chi connectivity index (χ3v) is 5.89. The number of benzene rings is 1. The third-order valence-electron chi connectivity index (χ3n) is 3.69. The highest BCUT2D eigenvalue weighted by molar-refractivity contribution is 9.10. The molecule has 0 radical (unpaired) electrons. The first-order valence-corrected chi connectivity index (χ1v) is 8.06. The van der Waals surface area contributed by atoms with Crippen LogP contribution in [-0.4, -0.2) is 7.05 Å². The number of hydrogen-bond donors (Lipinski definition) is 1. The van der Waals surface area contributed by atoms with Gasteiger partial charge in [-0.15, -0.1) is 11.3 Å². The van der Waals surface area contributed by atoms with Gasteiger partial charge in [-0.2, -0.15) is 0 Å². The number of likely N-dealkylation sites (N-methyl/N-ethyl adjacent to an activating group) is 1. The van der Waals surface area contributed by atoms with E-state index in [1.165, 1.54) is 19.8 Å². The molecule has 0 bridgehead atoms. The van der Waals surface area contributed by atoms with E-state index in [0.717, 1.165) is 0 Å². The Kier molecular flexibility index (Phi) is 4.49. The second kappa shape index (κ2) is 5.78. The van der Waals surface area contributed by atoms with E-state index in [9.17, 15) is 0 Å². The van der Waals surface area contributed by atoms with E-state index in [1.807, 2.05) is 18.4 Å². The largest absolute Gasteiger partial charge is 0.312 e. The lowest BCUT2D eigenvalue weighted by molar-refractivity contribution is 0.373. The molecule has 1 nitrogen and oxygen atoms in total. The maximum absolute atomic E-state index is 3.62. The van der Waals surface area contributed by atoms with Crippen LogP contribution in [0.15, 0.2) is 40.9 Å². The van der Waals surface area contributed by atoms with Crippen molar-refractivity contribution >= 4 is 27.3 Å². The van der Waals surface area contributed by atoms with Gasteiger partial charge in [0.25, 0.3) is 0 Å². The molecule has 19 heavy (non-hydrogen) atoms. The number of thiophene rings is 1. The monoisotopic (exact) mass is 337 g/mol. The van der Waals surface area contributed by atoms with Gasteiger partial charge in [-0.3, -0.25) is 0 Å². The summed E-state index contributed by atoms with van der Waals surface area (Å²) in [5.74, 6) is 0. The van der Waals surface area contributed by atoms with Crippen molar-refractivity contribution < 1.29 is 0 Å². The third kappa shape index (κ3) is 2.93. The highest BCUT2D eigenvalue weighted by Gasteiger charge is 2.32. The Labute approximate surface area is 128 Å². The van der Waals surface area contributed by atoms with Gasteiger partial charge in [-0.1, -0.05) is 44.2 Å². The molecule has 1 atom stereocenters. The van der Waals surface area contributed by atoms with E-state index < -0.39 is 0 Å². The van der Waals surface area contributed by atoms with Gasteiger partial charge in [0.1, 0.15) is 0 Å². The summed E-state index contributed by atoms with van der Waals surface area (Å²) in [5, 5.41) is 3.49. The summed E-state index contributed by atoms with van der Waals surface area (Å²) in [6.07, 6.45) is 0. The fourth-order valence-electron chi connectivity index (χ4n) is 2.52. The molecule has 1 aromatic heterocycles. The van der Waals surface area contributed by atoms with Gasteiger partial charge >= 0.3 is 0 Å². The van der Waals surface area contributed by atoms with Crippen molar-refractivity contribution in [3.05, 3.63) is 56.2 Å². The predicted molar refractivity (Wildman–Crippen MR) is 88.0 cm³/mol. The lowest BCUT2D eigenvalue weighted by Crippen LogP contribution is -2.35. The molecule has 0 saturated carbocycles. The van der Waals surface area contributed by atoms with Gasteiger partial charge in [-0.25, -0.2) is 0 Å². The highest BCUT2D eigenvalue weighted by Crippen LogP contribution is 2.41. The normalized spacial score (nSPS) is 13.5. The Morgan fingerprint density at radius 2 is 1.84 bits per heavy atom. The molecule has 0 aliphatic heterocycles. The first kappa shape index (κ1) is 14.8. The number of hydrogen-bond acceptors (Lipinski definition) is 2. The van der Waals surface area contributed by atoms with E-state index in [4.69, 9.17) is 0 Å². The highest BCUT2D eigenvalue weighted by atomic mass is 79.9. The molecule has 0 spiro atoms. The fraction of sp³-hybridized carbons (Fsp3) is 0.375. The van der Waals surface area contributed by atoms with Crippen molar-refractivity contribution in [1.82, 2.24) is 5.32 Å². The fourth-order valence-corrected chi connectivity index (χ4v) is 4.37. The van der Waals surface area contributed by atoms with Crippen molar-refractivity contribution in [3.8, 4) is 0 Å². The van der Waals surface area contributed by atoms with Gasteiger partial charge in [-0.05, 0) is 41.5 Å². The van der Waals surface area contributed by atoms with Crippen LogP contribution >= 0.6 is 27.3 Å². The van der Waals surface area contributed by atoms with Crippen LogP contribution in [0.4, 0.5) is 0 Å². The van der Waals surface area contributed by atoms with Crippen LogP contribution in [0.5, 0.6) is 0 Å². The molecule has 1 aromatic carbocycles. The Morgan fingerprint density at radius 3 is 2.32 bits per heavy atom. The molecule has 102 valence electrons. The number of nitrogens with one attached hydrogen (secondary N) is 1. The molecule has 1 N–H and O–H groups in total. The van der Waals surface area contributed by atoms with E-state index in [-0.39, 0.29) is 5.41 Å². The second-order valence-electron chi connectivity index (χ2n) is 5.36. The standard InChI is InChI=1S/C16H20BrNS/c1-11-13(17)10-14(19-11)15(18-4)16(2,3)12-8-6-5-7-9-12/h5-10,15,18H,1-4H3. The van der Waals surface area contributed by atoms with Crippen LogP contribution in [-0.2, 0) is 5.41 Å². The molecule has 2 aromatic rings. The first-order valence-electron chi connectivity index (χ1n) is 6.45. The zero-order chi connectivity index (χ0) is 14.0. The number of halogens is 1. The average Bonchev–Trinajstić information content (AvgIpc) is 2.71. The molecule has 0 amide bonds. The van der Waals surface area contributed by atoms with Gasteiger partial charge in [0.05, 0.1) is 6.04 Å². The Hall–Kier alpha value is -0.640. The molecule has 2 rings (SSSR count). The number of aryl methyl sites for hydroxylation is 1. The minimum atomic E-state index is 0.0484. The van der Waals surface area contributed by atoms with Crippen LogP contribution in [0.1, 0.15) is 35.2 Å². The maximum Gasteiger partial charge on any atom is 0.0505 e. The van der Waals surface area contributed by atoms with Crippen molar-refractivity contribution in [2.24, 2.45) is 0 Å². The van der Waals surface area contributed by atoms with E-state index in [0.29, 0.717) is 6.04 Å². The van der Waals surface area contributed by atoms with Crippen LogP contribution in [0, 0.1) is 6.92 Å². The summed E-state index contributed by atoms with van der Waals surface area (Å²) in [5.41, 5.74) is 1.41. The topological polar surface area (TPSA) is 12.0 Å². The Bertz CT molecular complexity index is 526. The van der Waals surface area contributed by atoms with Crippen molar-refractivity contribution in [2.45, 2.75) is 32.2 Å². The molecule has 0 aliphatic rings. The molecule has 3 heteroatoms. The smallest absolute Gasteiger partial charge is 0.0505 e. The molecule has 0 aliphatic carbocycles. The molecule has 0 saturated heterocycles. The minimum Gasteiger partial charge on any atom is -0.312 e. The van der Waals surface area contributed by atoms with Crippen molar-refractivity contribution in [1.29, 1.82) is 0 Å². The lowest BCUT2D eigenvalue weighted by atomic mass is 9.77. The van der Waals surface area contributed by atoms with Crippen molar-refractivity contribution in [2.75, 3.05) is 7.05 Å². The minimum absolute atomic E-state index is 0.0484. The summed E-state index contributed by atoms with van der Waals surface area (Å²) >= 11 is 5.48. The molecule has 0 fully saturated rings. The summed E-state index contributed by atoms with van der Waals surface area (Å²) in [7, 11) is 2.04. The second-order valence-corrected chi connectivity index (χ2v) is 7.50. The lowest BCUT2D eigenvalue weighted by Gasteiger charge is -2.34. The average molecular weight is 338 g/mol. The Morgan fingerprint density at radius 1 is 1.21 bits per heavy atom. The molecule has 1 unspecified atom stereocenters. The molecular weight excluding hydrogens is 318 g/mol.